The van der Waals surface area contributed by atoms with Gasteiger partial charge in [-0.15, -0.1) is 0 Å². The lowest BCUT2D eigenvalue weighted by Gasteiger charge is -2.10. The second-order valence-electron chi connectivity index (χ2n) is 3.99. The molecule has 0 unspecified atom stereocenters. The van der Waals surface area contributed by atoms with E-state index in [-0.39, 0.29) is 10.6 Å². The minimum Gasteiger partial charge on any atom is -0.340 e. The molecule has 1 atom stereocenters. The zero-order valence-electron chi connectivity index (χ0n) is 11.0. The Morgan fingerprint density at radius 3 is 2.50 bits per heavy atom. The van der Waals surface area contributed by atoms with E-state index in [1.54, 1.807) is 0 Å². The number of nitrogens with two attached hydrogens (primary N) is 1. The highest BCUT2D eigenvalue weighted by atomic mass is 32.2. The lowest BCUT2D eigenvalue weighted by atomic mass is 10.3. The molecule has 1 rings (SSSR count). The van der Waals surface area contributed by atoms with Gasteiger partial charge in [0.05, 0.1) is 10.9 Å². The van der Waals surface area contributed by atoms with Crippen LogP contribution in [0.5, 0.6) is 0 Å². The summed E-state index contributed by atoms with van der Waals surface area (Å²) in [5, 5.41) is 4.60. The Morgan fingerprint density at radius 1 is 1.30 bits per heavy atom. The number of carbonyl (C=O) groups is 2. The van der Waals surface area contributed by atoms with E-state index in [9.17, 15) is 18.0 Å². The molecule has 8 nitrogen and oxygen atoms in total. The molecule has 0 radical (unpaired) electrons. The largest absolute Gasteiger partial charge is 0.340 e. The molecule has 0 spiro atoms. The zero-order chi connectivity index (χ0) is 15.3. The monoisotopic (exact) mass is 300 g/mol. The summed E-state index contributed by atoms with van der Waals surface area (Å²) < 4.78 is 25.5. The van der Waals surface area contributed by atoms with Crippen LogP contribution in [0.4, 0.5) is 10.5 Å². The van der Waals surface area contributed by atoms with Gasteiger partial charge in [-0.3, -0.25) is 4.79 Å². The number of rotatable bonds is 4. The van der Waals surface area contributed by atoms with Gasteiger partial charge in [0.25, 0.3) is 10.0 Å². The number of carbonyl (C=O) groups excluding carboxylic acids is 2. The molecule has 20 heavy (non-hydrogen) atoms. The summed E-state index contributed by atoms with van der Waals surface area (Å²) in [6, 6.07) is 3.90. The minimum absolute atomic E-state index is 0.149. The van der Waals surface area contributed by atoms with E-state index in [4.69, 9.17) is 5.73 Å². The summed E-state index contributed by atoms with van der Waals surface area (Å²) >= 11 is 0. The molecule has 0 fully saturated rings. The molecule has 0 saturated carbocycles. The molecular weight excluding hydrogens is 284 g/mol. The van der Waals surface area contributed by atoms with Crippen LogP contribution in [0.3, 0.4) is 0 Å². The highest BCUT2D eigenvalue weighted by Crippen LogP contribution is 2.15. The van der Waals surface area contributed by atoms with Crippen LogP contribution in [0.15, 0.2) is 29.2 Å². The van der Waals surface area contributed by atoms with Crippen molar-refractivity contribution in [1.82, 2.24) is 10.0 Å². The molecule has 0 bridgehead atoms. The third-order valence-electron chi connectivity index (χ3n) is 2.28. The molecule has 110 valence electrons. The van der Waals surface area contributed by atoms with Gasteiger partial charge in [0.1, 0.15) is 0 Å². The summed E-state index contributed by atoms with van der Waals surface area (Å²) in [6.07, 6.45) is 0. The molecule has 0 saturated heterocycles. The van der Waals surface area contributed by atoms with Crippen molar-refractivity contribution in [2.45, 2.75) is 17.9 Å². The molecular formula is C11H16N4O4S. The van der Waals surface area contributed by atoms with Gasteiger partial charge >= 0.3 is 6.03 Å². The quantitative estimate of drug-likeness (QED) is 0.600. The van der Waals surface area contributed by atoms with E-state index >= 15 is 0 Å². The second kappa shape index (κ2) is 6.35. The molecule has 0 heterocycles. The van der Waals surface area contributed by atoms with E-state index in [1.165, 1.54) is 38.2 Å². The molecule has 0 aromatic heterocycles. The van der Waals surface area contributed by atoms with Crippen molar-refractivity contribution in [2.75, 3.05) is 12.4 Å². The van der Waals surface area contributed by atoms with Gasteiger partial charge in [0.2, 0.25) is 5.91 Å². The van der Waals surface area contributed by atoms with Crippen molar-refractivity contribution in [3.63, 3.8) is 0 Å². The smallest absolute Gasteiger partial charge is 0.328 e. The third-order valence-corrected chi connectivity index (χ3v) is 3.61. The van der Waals surface area contributed by atoms with Crippen molar-refractivity contribution in [3.8, 4) is 0 Å². The summed E-state index contributed by atoms with van der Waals surface area (Å²) in [5.41, 5.74) is 5.67. The number of sulfonamides is 1. The van der Waals surface area contributed by atoms with Crippen LogP contribution in [-0.2, 0) is 14.8 Å². The topological polar surface area (TPSA) is 130 Å². The molecule has 1 aromatic rings. The fourth-order valence-electron chi connectivity index (χ4n) is 1.23. The van der Waals surface area contributed by atoms with Crippen LogP contribution in [0.2, 0.25) is 0 Å². The molecule has 1 aromatic carbocycles. The van der Waals surface area contributed by atoms with Crippen molar-refractivity contribution in [3.05, 3.63) is 24.3 Å². The highest BCUT2D eigenvalue weighted by molar-refractivity contribution is 7.90. The van der Waals surface area contributed by atoms with E-state index in [0.717, 1.165) is 0 Å². The standard InChI is InChI=1S/C11H16N4O4S/c1-7(12)10(16)14-8-4-3-5-9(6-8)20(18,19)15-11(17)13-2/h3-7H,12H2,1-2H3,(H,14,16)(H2,13,15,17)/t7-/m0/s1. The molecule has 9 heteroatoms. The van der Waals surface area contributed by atoms with Crippen molar-refractivity contribution in [1.29, 1.82) is 0 Å². The number of nitrogens with one attached hydrogen (secondary N) is 3. The Labute approximate surface area is 116 Å². The van der Waals surface area contributed by atoms with Gasteiger partial charge in [-0.2, -0.15) is 0 Å². The first-order valence-corrected chi connectivity index (χ1v) is 7.15. The summed E-state index contributed by atoms with van der Waals surface area (Å²) in [5.74, 6) is -0.446. The molecule has 0 aliphatic rings. The van der Waals surface area contributed by atoms with E-state index in [1.807, 2.05) is 4.72 Å². The number of benzene rings is 1. The van der Waals surface area contributed by atoms with E-state index < -0.39 is 28.0 Å². The Hall–Kier alpha value is -2.13. The molecule has 5 N–H and O–H groups in total. The Morgan fingerprint density at radius 2 is 1.95 bits per heavy atom. The van der Waals surface area contributed by atoms with Gasteiger partial charge < -0.3 is 16.4 Å². The number of amides is 3. The fourth-order valence-corrected chi connectivity index (χ4v) is 2.23. The number of urea groups is 1. The highest BCUT2D eigenvalue weighted by Gasteiger charge is 2.17. The second-order valence-corrected chi connectivity index (χ2v) is 5.67. The maximum atomic E-state index is 11.9. The maximum Gasteiger partial charge on any atom is 0.328 e. The predicted molar refractivity (Wildman–Crippen MR) is 73.5 cm³/mol. The van der Waals surface area contributed by atoms with Crippen molar-refractivity contribution < 1.29 is 18.0 Å². The van der Waals surface area contributed by atoms with Crippen LogP contribution in [0, 0.1) is 0 Å². The number of anilines is 1. The average Bonchev–Trinajstić information content (AvgIpc) is 2.38. The fraction of sp³-hybridized carbons (Fsp3) is 0.273. The minimum atomic E-state index is -3.99. The first kappa shape index (κ1) is 15.9. The Bertz CT molecular complexity index is 613. The number of hydrogen-bond donors (Lipinski definition) is 4. The van der Waals surface area contributed by atoms with Gasteiger partial charge in [-0.25, -0.2) is 17.9 Å². The number of hydrogen-bond acceptors (Lipinski definition) is 5. The van der Waals surface area contributed by atoms with Crippen LogP contribution in [0.25, 0.3) is 0 Å². The first-order chi connectivity index (χ1) is 9.26. The van der Waals surface area contributed by atoms with Gasteiger partial charge in [0.15, 0.2) is 0 Å². The molecule has 3 amide bonds. The van der Waals surface area contributed by atoms with Crippen LogP contribution in [-0.4, -0.2) is 33.4 Å². The van der Waals surface area contributed by atoms with E-state index in [0.29, 0.717) is 0 Å². The summed E-state index contributed by atoms with van der Waals surface area (Å²) in [7, 11) is -2.70. The zero-order valence-corrected chi connectivity index (χ0v) is 11.8. The van der Waals surface area contributed by atoms with Gasteiger partial charge in [0, 0.05) is 12.7 Å². The van der Waals surface area contributed by atoms with E-state index in [2.05, 4.69) is 10.6 Å². The maximum absolute atomic E-state index is 11.9. The normalized spacial score (nSPS) is 12.3. The predicted octanol–water partition coefficient (Wildman–Crippen LogP) is -0.410. The Kier molecular flexibility index (Phi) is 5.06. The SMILES string of the molecule is CNC(=O)NS(=O)(=O)c1cccc(NC(=O)[C@H](C)N)c1. The lowest BCUT2D eigenvalue weighted by molar-refractivity contribution is -0.117. The van der Waals surface area contributed by atoms with Gasteiger partial charge in [-0.05, 0) is 25.1 Å². The molecule has 0 aliphatic heterocycles. The van der Waals surface area contributed by atoms with Crippen LogP contribution >= 0.6 is 0 Å². The third kappa shape index (κ3) is 4.21. The average molecular weight is 300 g/mol. The lowest BCUT2D eigenvalue weighted by Crippen LogP contribution is -2.37. The molecule has 0 aliphatic carbocycles. The van der Waals surface area contributed by atoms with Gasteiger partial charge in [-0.1, -0.05) is 6.07 Å². The summed E-state index contributed by atoms with van der Waals surface area (Å²) in [6.45, 7) is 1.50. The Balaban J connectivity index is 2.98. The van der Waals surface area contributed by atoms with Crippen molar-refractivity contribution in [2.24, 2.45) is 5.73 Å². The van der Waals surface area contributed by atoms with Crippen LogP contribution < -0.4 is 21.1 Å². The first-order valence-electron chi connectivity index (χ1n) is 5.67. The van der Waals surface area contributed by atoms with Crippen molar-refractivity contribution >= 4 is 27.6 Å². The van der Waals surface area contributed by atoms with Crippen LogP contribution in [0.1, 0.15) is 6.92 Å². The summed E-state index contributed by atoms with van der Waals surface area (Å²) in [4.78, 5) is 22.3.